The van der Waals surface area contributed by atoms with Crippen LogP contribution in [0.15, 0.2) is 24.3 Å². The maximum absolute atomic E-state index is 13.4. The summed E-state index contributed by atoms with van der Waals surface area (Å²) in [4.78, 5) is 20.4. The summed E-state index contributed by atoms with van der Waals surface area (Å²) in [5.41, 5.74) is 1.56. The number of imidazole rings is 1. The van der Waals surface area contributed by atoms with Crippen molar-refractivity contribution in [3.8, 4) is 0 Å². The zero-order valence-corrected chi connectivity index (χ0v) is 17.3. The van der Waals surface area contributed by atoms with E-state index in [0.717, 1.165) is 63.2 Å². The fourth-order valence-electron chi connectivity index (χ4n) is 4.89. The predicted octanol–water partition coefficient (Wildman–Crippen LogP) is 3.09. The number of hydrogen-bond donors (Lipinski definition) is 1. The summed E-state index contributed by atoms with van der Waals surface area (Å²) >= 11 is 0. The van der Waals surface area contributed by atoms with E-state index >= 15 is 0 Å². The van der Waals surface area contributed by atoms with E-state index in [4.69, 9.17) is 9.72 Å². The first kappa shape index (κ1) is 19.4. The van der Waals surface area contributed by atoms with Crippen LogP contribution in [-0.2, 0) is 9.53 Å². The van der Waals surface area contributed by atoms with Crippen LogP contribution in [0.1, 0.15) is 57.3 Å². The van der Waals surface area contributed by atoms with Crippen LogP contribution in [0.4, 0.5) is 0 Å². The highest BCUT2D eigenvalue weighted by Crippen LogP contribution is 2.34. The zero-order valence-electron chi connectivity index (χ0n) is 17.3. The van der Waals surface area contributed by atoms with Gasteiger partial charge in [-0.05, 0) is 64.8 Å². The Labute approximate surface area is 167 Å². The number of methoxy groups -OCH3 is 1. The van der Waals surface area contributed by atoms with Crippen LogP contribution in [0.5, 0.6) is 0 Å². The van der Waals surface area contributed by atoms with E-state index in [-0.39, 0.29) is 11.8 Å². The number of carbonyl (C=O) groups is 1. The second-order valence-corrected chi connectivity index (χ2v) is 8.46. The molecule has 0 saturated carbocycles. The number of nitrogens with zero attached hydrogens (tertiary/aromatic N) is 3. The minimum absolute atomic E-state index is 0.161. The van der Waals surface area contributed by atoms with Crippen molar-refractivity contribution < 1.29 is 9.53 Å². The van der Waals surface area contributed by atoms with E-state index < -0.39 is 5.60 Å². The number of benzene rings is 1. The van der Waals surface area contributed by atoms with Gasteiger partial charge in [0, 0.05) is 32.2 Å². The predicted molar refractivity (Wildman–Crippen MR) is 111 cm³/mol. The van der Waals surface area contributed by atoms with E-state index in [1.165, 1.54) is 5.52 Å². The zero-order chi connectivity index (χ0) is 19.7. The van der Waals surface area contributed by atoms with Crippen LogP contribution in [0.25, 0.3) is 11.0 Å². The Morgan fingerprint density at radius 1 is 1.29 bits per heavy atom. The number of para-hydroxylation sites is 2. The van der Waals surface area contributed by atoms with Gasteiger partial charge in [0.1, 0.15) is 11.4 Å². The molecule has 4 rings (SSSR count). The van der Waals surface area contributed by atoms with Gasteiger partial charge in [-0.2, -0.15) is 0 Å². The van der Waals surface area contributed by atoms with E-state index in [2.05, 4.69) is 41.9 Å². The molecule has 1 unspecified atom stereocenters. The molecule has 6 heteroatoms. The molecule has 1 amide bonds. The molecule has 0 radical (unpaired) electrons. The highest BCUT2D eigenvalue weighted by Gasteiger charge is 2.43. The number of aromatic nitrogens is 2. The quantitative estimate of drug-likeness (QED) is 0.880. The van der Waals surface area contributed by atoms with Crippen LogP contribution in [0, 0.1) is 0 Å². The molecule has 1 aromatic carbocycles. The number of rotatable bonds is 4. The van der Waals surface area contributed by atoms with Gasteiger partial charge in [-0.25, -0.2) is 4.98 Å². The van der Waals surface area contributed by atoms with Gasteiger partial charge >= 0.3 is 0 Å². The summed E-state index contributed by atoms with van der Waals surface area (Å²) in [5.74, 6) is 1.54. The van der Waals surface area contributed by atoms with Crippen molar-refractivity contribution in [3.05, 3.63) is 30.1 Å². The van der Waals surface area contributed by atoms with Crippen LogP contribution < -0.4 is 5.32 Å². The molecule has 2 aliphatic rings. The van der Waals surface area contributed by atoms with Gasteiger partial charge < -0.3 is 19.5 Å². The molecule has 0 spiro atoms. The number of amides is 1. The second-order valence-electron chi connectivity index (χ2n) is 8.46. The number of piperidine rings is 2. The average Bonchev–Trinajstić information content (AvgIpc) is 3.14. The third-order valence-corrected chi connectivity index (χ3v) is 6.40. The molecule has 6 nitrogen and oxygen atoms in total. The topological polar surface area (TPSA) is 59.4 Å². The largest absolute Gasteiger partial charge is 0.368 e. The van der Waals surface area contributed by atoms with Crippen molar-refractivity contribution >= 4 is 16.9 Å². The van der Waals surface area contributed by atoms with Crippen LogP contribution in [0.2, 0.25) is 0 Å². The van der Waals surface area contributed by atoms with Crippen molar-refractivity contribution in [1.29, 1.82) is 0 Å². The third-order valence-electron chi connectivity index (χ3n) is 6.40. The molecule has 0 aliphatic carbocycles. The van der Waals surface area contributed by atoms with Gasteiger partial charge in [0.25, 0.3) is 5.91 Å². The van der Waals surface area contributed by atoms with Gasteiger partial charge in [0.15, 0.2) is 0 Å². The van der Waals surface area contributed by atoms with Crippen LogP contribution in [-0.4, -0.2) is 59.2 Å². The average molecular weight is 385 g/mol. The molecule has 1 aromatic heterocycles. The second kappa shape index (κ2) is 7.84. The van der Waals surface area contributed by atoms with E-state index in [0.29, 0.717) is 6.04 Å². The lowest BCUT2D eigenvalue weighted by Crippen LogP contribution is -2.57. The molecule has 2 aliphatic heterocycles. The molecule has 152 valence electrons. The first-order chi connectivity index (χ1) is 13.6. The molecule has 2 aromatic rings. The Kier molecular flexibility index (Phi) is 5.43. The Balaban J connectivity index is 1.62. The molecule has 2 fully saturated rings. The summed E-state index contributed by atoms with van der Waals surface area (Å²) in [6, 6.07) is 8.68. The van der Waals surface area contributed by atoms with Gasteiger partial charge in [0.05, 0.1) is 11.0 Å². The minimum Gasteiger partial charge on any atom is -0.368 e. The van der Waals surface area contributed by atoms with Gasteiger partial charge in [-0.15, -0.1) is 0 Å². The van der Waals surface area contributed by atoms with Gasteiger partial charge in [0.2, 0.25) is 0 Å². The molecular formula is C22H32N4O2. The van der Waals surface area contributed by atoms with Crippen molar-refractivity contribution in [2.45, 2.75) is 57.1 Å². The number of likely N-dealkylation sites (tertiary alicyclic amines) is 1. The van der Waals surface area contributed by atoms with Crippen LogP contribution >= 0.6 is 0 Å². The molecule has 0 bridgehead atoms. The number of ether oxygens (including phenoxy) is 1. The lowest BCUT2D eigenvalue weighted by Gasteiger charge is -2.41. The molecule has 1 atom stereocenters. The molecule has 3 heterocycles. The monoisotopic (exact) mass is 384 g/mol. The van der Waals surface area contributed by atoms with E-state index in [9.17, 15) is 4.79 Å². The molecule has 28 heavy (non-hydrogen) atoms. The third kappa shape index (κ3) is 3.33. The maximum atomic E-state index is 13.4. The molecule has 1 N–H and O–H groups in total. The Morgan fingerprint density at radius 2 is 2.04 bits per heavy atom. The number of nitrogens with one attached hydrogen (secondary N) is 1. The van der Waals surface area contributed by atoms with Gasteiger partial charge in [-0.1, -0.05) is 12.1 Å². The highest BCUT2D eigenvalue weighted by molar-refractivity contribution is 5.85. The summed E-state index contributed by atoms with van der Waals surface area (Å²) in [5, 5.41) is 3.34. The number of carbonyl (C=O) groups excluding carboxylic acids is 1. The number of fused-ring (bicyclic) bond motifs is 1. The smallest absolute Gasteiger partial charge is 0.254 e. The molecular weight excluding hydrogens is 352 g/mol. The van der Waals surface area contributed by atoms with Crippen LogP contribution in [0.3, 0.4) is 0 Å². The summed E-state index contributed by atoms with van der Waals surface area (Å²) in [6.07, 6.45) is 3.57. The highest BCUT2D eigenvalue weighted by atomic mass is 16.5. The first-order valence-electron chi connectivity index (χ1n) is 10.6. The summed E-state index contributed by atoms with van der Waals surface area (Å²) in [6.45, 7) is 7.62. The Morgan fingerprint density at radius 3 is 2.75 bits per heavy atom. The fourth-order valence-corrected chi connectivity index (χ4v) is 4.89. The van der Waals surface area contributed by atoms with Crippen molar-refractivity contribution in [2.75, 3.05) is 33.3 Å². The maximum Gasteiger partial charge on any atom is 0.254 e. The lowest BCUT2D eigenvalue weighted by atomic mass is 9.88. The van der Waals surface area contributed by atoms with Crippen molar-refractivity contribution in [1.82, 2.24) is 19.8 Å². The standard InChI is InChI=1S/C22H32N4O2/c1-16(2)26-19-9-5-4-8-18(19)24-20(26)17-7-6-14-25(15-17)21(27)22(28-3)10-12-23-13-11-22/h4-5,8-9,16-17,23H,6-7,10-15H2,1-3H3. The summed E-state index contributed by atoms with van der Waals surface area (Å²) < 4.78 is 8.14. The molecule has 2 saturated heterocycles. The Bertz CT molecular complexity index is 838. The van der Waals surface area contributed by atoms with Crippen molar-refractivity contribution in [3.63, 3.8) is 0 Å². The normalized spacial score (nSPS) is 22.7. The fraction of sp³-hybridized carbons (Fsp3) is 0.636. The first-order valence-corrected chi connectivity index (χ1v) is 10.6. The van der Waals surface area contributed by atoms with Gasteiger partial charge in [-0.3, -0.25) is 4.79 Å². The van der Waals surface area contributed by atoms with Crippen molar-refractivity contribution in [2.24, 2.45) is 0 Å². The number of hydrogen-bond acceptors (Lipinski definition) is 4. The minimum atomic E-state index is -0.661. The lowest BCUT2D eigenvalue weighted by molar-refractivity contribution is -0.159. The summed E-state index contributed by atoms with van der Waals surface area (Å²) in [7, 11) is 1.68. The van der Waals surface area contributed by atoms with E-state index in [1.54, 1.807) is 7.11 Å². The SMILES string of the molecule is COC1(C(=O)N2CCCC(c3nc4ccccc4n3C(C)C)C2)CCNCC1. The van der Waals surface area contributed by atoms with E-state index in [1.807, 2.05) is 11.0 Å². The Hall–Kier alpha value is -1.92.